The molecule has 3 atom stereocenters. The van der Waals surface area contributed by atoms with Gasteiger partial charge in [0.15, 0.2) is 11.2 Å². The average Bonchev–Trinajstić information content (AvgIpc) is 4.01. The highest BCUT2D eigenvalue weighted by Gasteiger charge is 2.43. The van der Waals surface area contributed by atoms with Gasteiger partial charge >= 0.3 is 18.1 Å². The van der Waals surface area contributed by atoms with Gasteiger partial charge in [0.05, 0.1) is 63.8 Å². The number of rotatable bonds is 31. The minimum absolute atomic E-state index is 0.0576. The SMILES string of the molecule is CCC1C[C@@H](O)CN1C(=O)CCCc1cn(CCCOCCOCCOCCCCC(=O)CC[C@H](NC(=O)c2ccc(N(Cc3cnc4nc(NC(=O)C(C)C)[nH]c(=O)c4n3)C(=O)C(F)(F)F)cc2)C(=O)OC)nn1. The van der Waals surface area contributed by atoms with Crippen molar-refractivity contribution in [3.8, 4) is 0 Å². The van der Waals surface area contributed by atoms with Gasteiger partial charge in [-0.1, -0.05) is 26.0 Å². The molecule has 4 aromatic rings. The van der Waals surface area contributed by atoms with E-state index in [0.717, 1.165) is 56.1 Å². The maximum absolute atomic E-state index is 13.8. The second-order valence-corrected chi connectivity index (χ2v) is 18.1. The number of fused-ring (bicyclic) bond motifs is 1. The Labute approximate surface area is 430 Å². The third-order valence-electron chi connectivity index (χ3n) is 12.0. The number of methoxy groups -OCH3 is 1. The summed E-state index contributed by atoms with van der Waals surface area (Å²) in [6.45, 7) is 7.97. The number of carbonyl (C=O) groups is 6. The number of aryl methyl sites for hydroxylation is 2. The van der Waals surface area contributed by atoms with Gasteiger partial charge in [-0.3, -0.25) is 48.6 Å². The third-order valence-corrected chi connectivity index (χ3v) is 12.0. The van der Waals surface area contributed by atoms with Gasteiger partial charge in [0.25, 0.3) is 11.5 Å². The van der Waals surface area contributed by atoms with Crippen molar-refractivity contribution >= 4 is 58.2 Å². The van der Waals surface area contributed by atoms with Crippen LogP contribution in [0.4, 0.5) is 24.8 Å². The van der Waals surface area contributed by atoms with E-state index in [0.29, 0.717) is 96.2 Å². The van der Waals surface area contributed by atoms with E-state index in [1.807, 2.05) is 13.1 Å². The molecule has 0 spiro atoms. The summed E-state index contributed by atoms with van der Waals surface area (Å²) in [7, 11) is 1.11. The Hall–Kier alpha value is -6.77. The number of aromatic amines is 1. The Morgan fingerprint density at radius 3 is 2.27 bits per heavy atom. The number of alkyl halides is 3. The number of nitrogens with one attached hydrogen (secondary N) is 3. The van der Waals surface area contributed by atoms with E-state index in [-0.39, 0.29) is 71.1 Å². The maximum Gasteiger partial charge on any atom is 0.471 e. The molecule has 0 aliphatic carbocycles. The fraction of sp³-hybridized carbons (Fsp3) is 0.592. The number of halogens is 3. The number of nitrogens with zero attached hydrogens (tertiary/aromatic N) is 8. The number of Topliss-reactive ketones (excluding diaryl/α,β-unsaturated/α-hetero) is 1. The number of β-amino-alcohol motifs (C(OH)–C–C–N with tert-alkyl or cyclic N) is 1. The minimum Gasteiger partial charge on any atom is -0.467 e. The number of aliphatic hydroxyl groups excluding tert-OH is 1. The molecule has 5 rings (SSSR count). The molecule has 1 unspecified atom stereocenters. The molecule has 1 aliphatic rings. The molecule has 4 N–H and O–H groups in total. The first-order valence-electron chi connectivity index (χ1n) is 24.9. The molecule has 1 fully saturated rings. The lowest BCUT2D eigenvalue weighted by Crippen LogP contribution is -2.42. The first-order valence-corrected chi connectivity index (χ1v) is 24.9. The van der Waals surface area contributed by atoms with Crippen LogP contribution in [0.1, 0.15) is 107 Å². The normalized spacial score (nSPS) is 15.0. The molecule has 75 heavy (non-hydrogen) atoms. The summed E-state index contributed by atoms with van der Waals surface area (Å²) >= 11 is 0. The average molecular weight is 1060 g/mol. The predicted molar refractivity (Wildman–Crippen MR) is 263 cm³/mol. The van der Waals surface area contributed by atoms with Gasteiger partial charge in [-0.2, -0.15) is 18.2 Å². The Bertz CT molecular complexity index is 2600. The standard InChI is InChI=1S/C49H66F3N11O12/c1-5-35-26-38(65)30-62(35)40(66)12-8-10-33-28-61(60-59-33)19-9-21-74-23-25-75-24-22-73-20-7-6-11-37(64)17-18-39(46(70)72-4)55-44(68)32-13-15-36(16-14-32)63(47(71)49(50,51)52)29-34-27-53-42-41(54-34)45(69)58-48(56-42)57-43(67)31(2)3/h13-16,27-28,31,35,38-39,65H,5-12,17-26,29-30H2,1-4H3,(H,55,68)(H2,53,56,57,58,67,69)/t35?,38-,39+/m1/s1. The van der Waals surface area contributed by atoms with E-state index in [9.17, 15) is 51.8 Å². The largest absolute Gasteiger partial charge is 0.471 e. The van der Waals surface area contributed by atoms with Crippen LogP contribution in [-0.2, 0) is 62.4 Å². The van der Waals surface area contributed by atoms with Crippen LogP contribution < -0.4 is 21.1 Å². The number of hydrogen-bond donors (Lipinski definition) is 4. The first kappa shape index (κ1) is 59.1. The van der Waals surface area contributed by atoms with Gasteiger partial charge in [-0.15, -0.1) is 5.10 Å². The first-order chi connectivity index (χ1) is 35.9. The Balaban J connectivity index is 0.939. The van der Waals surface area contributed by atoms with Gasteiger partial charge in [-0.25, -0.2) is 14.8 Å². The molecule has 4 heterocycles. The summed E-state index contributed by atoms with van der Waals surface area (Å²) in [5, 5.41) is 23.2. The summed E-state index contributed by atoms with van der Waals surface area (Å²) in [6, 6.07) is 3.32. The quantitative estimate of drug-likeness (QED) is 0.0413. The zero-order chi connectivity index (χ0) is 54.5. The monoisotopic (exact) mass is 1060 g/mol. The van der Waals surface area contributed by atoms with Crippen LogP contribution in [0.2, 0.25) is 0 Å². The van der Waals surface area contributed by atoms with E-state index >= 15 is 0 Å². The number of hydrogen-bond acceptors (Lipinski definition) is 17. The highest BCUT2D eigenvalue weighted by Crippen LogP contribution is 2.27. The molecular weight excluding hydrogens is 992 g/mol. The highest BCUT2D eigenvalue weighted by atomic mass is 19.4. The van der Waals surface area contributed by atoms with Crippen molar-refractivity contribution in [2.75, 3.05) is 63.5 Å². The number of unbranched alkanes of at least 4 members (excludes halogenated alkanes) is 1. The Kier molecular flexibility index (Phi) is 23.1. The van der Waals surface area contributed by atoms with Crippen LogP contribution in [0, 0.1) is 5.92 Å². The van der Waals surface area contributed by atoms with Crippen LogP contribution in [0.5, 0.6) is 0 Å². The Morgan fingerprint density at radius 1 is 0.907 bits per heavy atom. The van der Waals surface area contributed by atoms with E-state index in [4.69, 9.17) is 18.9 Å². The second kappa shape index (κ2) is 29.4. The van der Waals surface area contributed by atoms with Crippen molar-refractivity contribution in [3.63, 3.8) is 0 Å². The summed E-state index contributed by atoms with van der Waals surface area (Å²) < 4.78 is 64.8. The number of esters is 1. The molecule has 23 nitrogen and oxygen atoms in total. The number of H-pyrrole nitrogens is 1. The van der Waals surface area contributed by atoms with Crippen LogP contribution in [0.15, 0.2) is 41.5 Å². The highest BCUT2D eigenvalue weighted by molar-refractivity contribution is 6.00. The molecule has 0 bridgehead atoms. The molecule has 410 valence electrons. The number of ketones is 1. The Morgan fingerprint density at radius 2 is 1.60 bits per heavy atom. The molecule has 3 aromatic heterocycles. The molecule has 0 radical (unpaired) electrons. The lowest BCUT2D eigenvalue weighted by Gasteiger charge is -2.24. The number of aliphatic hydroxyl groups is 1. The number of likely N-dealkylation sites (tertiary alicyclic amines) is 1. The van der Waals surface area contributed by atoms with Crippen molar-refractivity contribution in [3.05, 3.63) is 64.0 Å². The zero-order valence-corrected chi connectivity index (χ0v) is 42.6. The molecular formula is C49H66F3N11O12. The van der Waals surface area contributed by atoms with Crippen LogP contribution in [-0.4, -0.2) is 158 Å². The van der Waals surface area contributed by atoms with Crippen molar-refractivity contribution < 1.29 is 66.0 Å². The second-order valence-electron chi connectivity index (χ2n) is 18.1. The molecule has 4 amide bonds. The summed E-state index contributed by atoms with van der Waals surface area (Å²) in [5.41, 5.74) is -1.19. The van der Waals surface area contributed by atoms with Gasteiger partial charge in [-0.05, 0) is 75.6 Å². The van der Waals surface area contributed by atoms with Crippen molar-refractivity contribution in [2.45, 2.75) is 129 Å². The molecule has 1 aliphatic heterocycles. The molecule has 0 saturated carbocycles. The third kappa shape index (κ3) is 18.8. The number of benzene rings is 1. The van der Waals surface area contributed by atoms with E-state index in [1.165, 1.54) is 0 Å². The fourth-order valence-electron chi connectivity index (χ4n) is 7.91. The molecule has 1 saturated heterocycles. The van der Waals surface area contributed by atoms with E-state index < -0.39 is 60.0 Å². The molecule has 26 heteroatoms. The minimum atomic E-state index is -5.34. The number of carbonyl (C=O) groups excluding carboxylic acids is 6. The lowest BCUT2D eigenvalue weighted by atomic mass is 10.0. The van der Waals surface area contributed by atoms with E-state index in [2.05, 4.69) is 40.9 Å². The number of ether oxygens (including phenoxy) is 4. The van der Waals surface area contributed by atoms with Gasteiger partial charge in [0, 0.05) is 75.0 Å². The summed E-state index contributed by atoms with van der Waals surface area (Å²) in [4.78, 5) is 105. The zero-order valence-electron chi connectivity index (χ0n) is 42.6. The van der Waals surface area contributed by atoms with Gasteiger partial charge in [0.2, 0.25) is 17.8 Å². The van der Waals surface area contributed by atoms with Crippen LogP contribution >= 0.6 is 0 Å². The van der Waals surface area contributed by atoms with E-state index in [1.54, 1.807) is 23.4 Å². The molecule has 1 aromatic carbocycles. The number of amides is 4. The van der Waals surface area contributed by atoms with Gasteiger partial charge < -0.3 is 34.3 Å². The van der Waals surface area contributed by atoms with Crippen molar-refractivity contribution in [1.82, 2.24) is 45.1 Å². The predicted octanol–water partition coefficient (Wildman–Crippen LogP) is 3.62. The van der Waals surface area contributed by atoms with Crippen molar-refractivity contribution in [1.29, 1.82) is 0 Å². The topological polar surface area (TPSA) is 292 Å². The van der Waals surface area contributed by atoms with Crippen LogP contribution in [0.3, 0.4) is 0 Å². The smallest absolute Gasteiger partial charge is 0.467 e. The lowest BCUT2D eigenvalue weighted by molar-refractivity contribution is -0.170. The number of aromatic nitrogens is 7. The number of anilines is 2. The van der Waals surface area contributed by atoms with Gasteiger partial charge in [0.1, 0.15) is 11.8 Å². The maximum atomic E-state index is 13.8. The van der Waals surface area contributed by atoms with Crippen LogP contribution in [0.25, 0.3) is 11.2 Å². The summed E-state index contributed by atoms with van der Waals surface area (Å²) in [6.07, 6.45) is 2.25. The van der Waals surface area contributed by atoms with Crippen molar-refractivity contribution in [2.24, 2.45) is 5.92 Å². The summed E-state index contributed by atoms with van der Waals surface area (Å²) in [5.74, 6) is -5.07. The fourth-order valence-corrected chi connectivity index (χ4v) is 7.91.